The summed E-state index contributed by atoms with van der Waals surface area (Å²) in [6.07, 6.45) is 0. The van der Waals surface area contributed by atoms with Crippen molar-refractivity contribution < 1.29 is 14.3 Å². The van der Waals surface area contributed by atoms with Gasteiger partial charge in [0.1, 0.15) is 11.3 Å². The molecule has 5 aromatic rings. The van der Waals surface area contributed by atoms with Crippen LogP contribution in [0.2, 0.25) is 0 Å². The normalized spacial score (nSPS) is 11.0. The van der Waals surface area contributed by atoms with Crippen LogP contribution in [0, 0.1) is 0 Å². The number of phenols is 1. The van der Waals surface area contributed by atoms with Crippen LogP contribution >= 0.6 is 12.2 Å². The second-order valence-electron chi connectivity index (χ2n) is 7.16. The van der Waals surface area contributed by atoms with Gasteiger partial charge in [0.25, 0.3) is 5.91 Å². The van der Waals surface area contributed by atoms with Crippen LogP contribution in [0.1, 0.15) is 21.7 Å². The van der Waals surface area contributed by atoms with Crippen molar-refractivity contribution in [3.63, 3.8) is 0 Å². The van der Waals surface area contributed by atoms with Crippen molar-refractivity contribution in [3.05, 3.63) is 108 Å². The number of aromatic hydroxyl groups is 1. The number of hydrogen-bond acceptors (Lipinski definition) is 4. The predicted molar refractivity (Wildman–Crippen MR) is 127 cm³/mol. The number of hydrogen-bond donors (Lipinski definition) is 2. The number of anilines is 1. The van der Waals surface area contributed by atoms with Crippen molar-refractivity contribution in [3.8, 4) is 5.75 Å². The lowest BCUT2D eigenvalue weighted by Crippen LogP contribution is -2.14. The molecule has 0 fully saturated rings. The molecule has 0 bridgehead atoms. The summed E-state index contributed by atoms with van der Waals surface area (Å²) in [6.45, 7) is 0. The molecule has 31 heavy (non-hydrogen) atoms. The maximum Gasteiger partial charge on any atom is 0.259 e. The second-order valence-corrected chi connectivity index (χ2v) is 7.57. The first-order chi connectivity index (χ1) is 15.1. The van der Waals surface area contributed by atoms with E-state index < -0.39 is 5.91 Å². The van der Waals surface area contributed by atoms with E-state index in [4.69, 9.17) is 16.6 Å². The van der Waals surface area contributed by atoms with E-state index in [1.807, 2.05) is 66.7 Å². The maximum atomic E-state index is 12.9. The van der Waals surface area contributed by atoms with Gasteiger partial charge in [-0.1, -0.05) is 72.9 Å². The summed E-state index contributed by atoms with van der Waals surface area (Å²) in [5.74, 6) is -0.117. The molecule has 5 rings (SSSR count). The van der Waals surface area contributed by atoms with E-state index in [2.05, 4.69) is 5.32 Å². The minimum absolute atomic E-state index is 0.0912. The smallest absolute Gasteiger partial charge is 0.259 e. The Hall–Kier alpha value is -3.96. The average Bonchev–Trinajstić information content (AvgIpc) is 3.17. The largest absolute Gasteiger partial charge is 0.507 e. The monoisotopic (exact) mass is 423 g/mol. The number of thiocarbonyl (C=S) groups is 1. The number of fused-ring (bicyclic) bond motifs is 2. The van der Waals surface area contributed by atoms with E-state index in [1.54, 1.807) is 18.2 Å². The van der Waals surface area contributed by atoms with Crippen LogP contribution < -0.4 is 5.32 Å². The SMILES string of the molecule is O=C(Nc1c(C(=S)c2ccc3ccccc3c2)oc2ccccc12)c1ccccc1O. The number of para-hydroxylation sites is 2. The van der Waals surface area contributed by atoms with E-state index in [1.165, 1.54) is 6.07 Å². The molecule has 1 heterocycles. The molecule has 150 valence electrons. The maximum absolute atomic E-state index is 12.9. The number of carbonyl (C=O) groups is 1. The van der Waals surface area contributed by atoms with Crippen LogP contribution in [0.25, 0.3) is 21.7 Å². The van der Waals surface area contributed by atoms with Crippen molar-refractivity contribution in [1.82, 2.24) is 0 Å². The Morgan fingerprint density at radius 1 is 0.839 bits per heavy atom. The van der Waals surface area contributed by atoms with Crippen LogP contribution in [0.5, 0.6) is 5.75 Å². The molecule has 0 spiro atoms. The van der Waals surface area contributed by atoms with Crippen molar-refractivity contribution in [1.29, 1.82) is 0 Å². The van der Waals surface area contributed by atoms with Crippen molar-refractivity contribution in [2.24, 2.45) is 0 Å². The number of nitrogens with one attached hydrogen (secondary N) is 1. The molecule has 5 heteroatoms. The van der Waals surface area contributed by atoms with Gasteiger partial charge >= 0.3 is 0 Å². The zero-order valence-electron chi connectivity index (χ0n) is 16.3. The van der Waals surface area contributed by atoms with Crippen LogP contribution in [0.3, 0.4) is 0 Å². The van der Waals surface area contributed by atoms with Gasteiger partial charge in [-0.25, -0.2) is 0 Å². The molecule has 1 amide bonds. The summed E-state index contributed by atoms with van der Waals surface area (Å²) in [5, 5.41) is 15.9. The summed E-state index contributed by atoms with van der Waals surface area (Å²) < 4.78 is 6.08. The zero-order valence-corrected chi connectivity index (χ0v) is 17.1. The van der Waals surface area contributed by atoms with Gasteiger partial charge in [0.05, 0.1) is 16.1 Å². The van der Waals surface area contributed by atoms with E-state index in [0.29, 0.717) is 21.9 Å². The highest BCUT2D eigenvalue weighted by Gasteiger charge is 2.22. The molecule has 0 radical (unpaired) electrons. The Bertz CT molecular complexity index is 1470. The standard InChI is InChI=1S/C26H17NO3S/c28-21-11-5-3-9-19(21)26(29)27-23-20-10-4-6-12-22(20)30-24(23)25(31)18-14-13-16-7-1-2-8-17(16)15-18/h1-15,28H,(H,27,29). The second kappa shape index (κ2) is 7.70. The number of phenolic OH excluding ortho intramolecular Hbond substituents is 1. The molecule has 0 unspecified atom stereocenters. The third-order valence-electron chi connectivity index (χ3n) is 5.20. The summed E-state index contributed by atoms with van der Waals surface area (Å²) in [6, 6.07) is 27.9. The molecule has 2 N–H and O–H groups in total. The van der Waals surface area contributed by atoms with Crippen LogP contribution in [-0.2, 0) is 0 Å². The van der Waals surface area contributed by atoms with E-state index in [-0.39, 0.29) is 11.3 Å². The Balaban J connectivity index is 1.60. The lowest BCUT2D eigenvalue weighted by atomic mass is 10.0. The number of rotatable bonds is 4. The van der Waals surface area contributed by atoms with E-state index >= 15 is 0 Å². The highest BCUT2D eigenvalue weighted by atomic mass is 32.1. The zero-order chi connectivity index (χ0) is 21.4. The molecule has 4 aromatic carbocycles. The summed E-state index contributed by atoms with van der Waals surface area (Å²) in [5.41, 5.74) is 2.11. The molecule has 0 saturated heterocycles. The quantitative estimate of drug-likeness (QED) is 0.263. The Morgan fingerprint density at radius 3 is 2.39 bits per heavy atom. The molecule has 0 saturated carbocycles. The molecule has 4 nitrogen and oxygen atoms in total. The van der Waals surface area contributed by atoms with E-state index in [9.17, 15) is 9.90 Å². The Morgan fingerprint density at radius 2 is 1.55 bits per heavy atom. The minimum Gasteiger partial charge on any atom is -0.507 e. The first-order valence-corrected chi connectivity index (χ1v) is 10.2. The van der Waals surface area contributed by atoms with Crippen molar-refractivity contribution in [2.45, 2.75) is 0 Å². The van der Waals surface area contributed by atoms with Crippen LogP contribution in [0.4, 0.5) is 5.69 Å². The number of carbonyl (C=O) groups excluding carboxylic acids is 1. The highest BCUT2D eigenvalue weighted by Crippen LogP contribution is 2.34. The first-order valence-electron chi connectivity index (χ1n) is 9.76. The average molecular weight is 423 g/mol. The van der Waals surface area contributed by atoms with Crippen molar-refractivity contribution >= 4 is 50.4 Å². The molecule has 0 aliphatic rings. The molecule has 0 atom stereocenters. The van der Waals surface area contributed by atoms with E-state index in [0.717, 1.165) is 21.7 Å². The summed E-state index contributed by atoms with van der Waals surface area (Å²) >= 11 is 5.78. The van der Waals surface area contributed by atoms with Crippen LogP contribution in [0.15, 0.2) is 95.4 Å². The summed E-state index contributed by atoms with van der Waals surface area (Å²) in [4.78, 5) is 13.4. The van der Waals surface area contributed by atoms with Crippen LogP contribution in [-0.4, -0.2) is 15.9 Å². The fourth-order valence-electron chi connectivity index (χ4n) is 3.64. The van der Waals surface area contributed by atoms with Gasteiger partial charge in [-0.2, -0.15) is 0 Å². The molecule has 0 aliphatic heterocycles. The topological polar surface area (TPSA) is 62.5 Å². The van der Waals surface area contributed by atoms with Gasteiger partial charge < -0.3 is 14.8 Å². The first kappa shape index (κ1) is 19.0. The van der Waals surface area contributed by atoms with Gasteiger partial charge in [0.2, 0.25) is 0 Å². The lowest BCUT2D eigenvalue weighted by Gasteiger charge is -2.09. The third-order valence-corrected chi connectivity index (χ3v) is 5.62. The van der Waals surface area contributed by atoms with Gasteiger partial charge in [-0.05, 0) is 46.7 Å². The molecular weight excluding hydrogens is 406 g/mol. The van der Waals surface area contributed by atoms with Crippen molar-refractivity contribution in [2.75, 3.05) is 5.32 Å². The predicted octanol–water partition coefficient (Wildman–Crippen LogP) is 6.31. The fraction of sp³-hybridized carbons (Fsp3) is 0. The number of benzene rings is 4. The third kappa shape index (κ3) is 3.45. The molecular formula is C26H17NO3S. The highest BCUT2D eigenvalue weighted by molar-refractivity contribution is 7.81. The van der Waals surface area contributed by atoms with Gasteiger partial charge in [-0.15, -0.1) is 0 Å². The fourth-order valence-corrected chi connectivity index (χ4v) is 3.91. The van der Waals surface area contributed by atoms with Gasteiger partial charge in [0, 0.05) is 5.39 Å². The molecule has 0 aliphatic carbocycles. The lowest BCUT2D eigenvalue weighted by molar-refractivity contribution is 0.102. The molecule has 1 aromatic heterocycles. The Kier molecular flexibility index (Phi) is 4.73. The number of furan rings is 1. The summed E-state index contributed by atoms with van der Waals surface area (Å²) in [7, 11) is 0. The van der Waals surface area contributed by atoms with Gasteiger partial charge in [-0.3, -0.25) is 4.79 Å². The number of amides is 1. The minimum atomic E-state index is -0.438. The van der Waals surface area contributed by atoms with Gasteiger partial charge in [0.15, 0.2) is 5.76 Å². The Labute approximate surface area is 183 Å².